The van der Waals surface area contributed by atoms with Crippen LogP contribution < -0.4 is 10.6 Å². The standard InChI is InChI=1S/C19H21FN4O5S/c20-15-8-7-14(13-18(15)30(28,29)23-11-3-4-12-23)19(25)22-10-9-21-16-5-1-2-6-17(16)24(26)27/h1-2,5-8,13,21H,3-4,9-12H2,(H,22,25). The minimum absolute atomic E-state index is 0.0138. The first-order valence-corrected chi connectivity index (χ1v) is 10.8. The molecule has 0 aliphatic carbocycles. The Morgan fingerprint density at radius 3 is 2.53 bits per heavy atom. The zero-order valence-electron chi connectivity index (χ0n) is 16.0. The summed E-state index contributed by atoms with van der Waals surface area (Å²) in [6.07, 6.45) is 1.43. The number of nitrogens with one attached hydrogen (secondary N) is 2. The molecule has 0 spiro atoms. The highest BCUT2D eigenvalue weighted by Gasteiger charge is 2.30. The highest BCUT2D eigenvalue weighted by molar-refractivity contribution is 7.89. The number of carbonyl (C=O) groups is 1. The SMILES string of the molecule is O=C(NCCNc1ccccc1[N+](=O)[O-])c1ccc(F)c(S(=O)(=O)N2CCCC2)c1. The third-order valence-corrected chi connectivity index (χ3v) is 6.62. The zero-order valence-corrected chi connectivity index (χ0v) is 16.8. The molecule has 0 atom stereocenters. The van der Waals surface area contributed by atoms with E-state index in [9.17, 15) is 27.7 Å². The van der Waals surface area contributed by atoms with E-state index in [-0.39, 0.29) is 24.3 Å². The Labute approximate surface area is 173 Å². The van der Waals surface area contributed by atoms with Crippen molar-refractivity contribution in [2.75, 3.05) is 31.5 Å². The van der Waals surface area contributed by atoms with Gasteiger partial charge in [-0.2, -0.15) is 4.31 Å². The summed E-state index contributed by atoms with van der Waals surface area (Å²) in [5.74, 6) is -1.48. The molecule has 9 nitrogen and oxygen atoms in total. The first kappa shape index (κ1) is 21.7. The van der Waals surface area contributed by atoms with Gasteiger partial charge in [-0.15, -0.1) is 0 Å². The Bertz CT molecular complexity index is 1050. The Kier molecular flexibility index (Phi) is 6.63. The monoisotopic (exact) mass is 436 g/mol. The summed E-state index contributed by atoms with van der Waals surface area (Å²) in [6, 6.07) is 9.32. The number of nitrogens with zero attached hydrogens (tertiary/aromatic N) is 2. The summed E-state index contributed by atoms with van der Waals surface area (Å²) in [6.45, 7) is 0.984. The van der Waals surface area contributed by atoms with Crippen molar-refractivity contribution in [1.82, 2.24) is 9.62 Å². The van der Waals surface area contributed by atoms with Crippen LogP contribution in [0.3, 0.4) is 0 Å². The molecule has 1 heterocycles. The van der Waals surface area contributed by atoms with Crippen LogP contribution >= 0.6 is 0 Å². The van der Waals surface area contributed by atoms with Crippen LogP contribution in [0.1, 0.15) is 23.2 Å². The number of para-hydroxylation sites is 2. The molecule has 1 aliphatic rings. The highest BCUT2D eigenvalue weighted by Crippen LogP contribution is 2.24. The van der Waals surface area contributed by atoms with Gasteiger partial charge in [0, 0.05) is 37.8 Å². The topological polar surface area (TPSA) is 122 Å². The molecule has 1 aliphatic heterocycles. The Morgan fingerprint density at radius 2 is 1.83 bits per heavy atom. The first-order chi connectivity index (χ1) is 14.3. The molecule has 3 rings (SSSR count). The largest absolute Gasteiger partial charge is 0.378 e. The van der Waals surface area contributed by atoms with Gasteiger partial charge in [-0.05, 0) is 37.1 Å². The predicted octanol–water partition coefficient (Wildman–Crippen LogP) is 2.36. The summed E-state index contributed by atoms with van der Waals surface area (Å²) >= 11 is 0. The zero-order chi connectivity index (χ0) is 21.7. The van der Waals surface area contributed by atoms with E-state index in [1.807, 2.05) is 0 Å². The molecule has 1 amide bonds. The number of anilines is 1. The lowest BCUT2D eigenvalue weighted by molar-refractivity contribution is -0.384. The van der Waals surface area contributed by atoms with Crippen LogP contribution in [0.4, 0.5) is 15.8 Å². The van der Waals surface area contributed by atoms with Crippen LogP contribution in [-0.4, -0.2) is 49.7 Å². The van der Waals surface area contributed by atoms with Crippen LogP contribution in [0, 0.1) is 15.9 Å². The van der Waals surface area contributed by atoms with Crippen molar-refractivity contribution in [3.63, 3.8) is 0 Å². The minimum atomic E-state index is -4.00. The van der Waals surface area contributed by atoms with Crippen LogP contribution in [0.2, 0.25) is 0 Å². The molecule has 2 aromatic rings. The number of carbonyl (C=O) groups excluding carboxylic acids is 1. The summed E-state index contributed by atoms with van der Waals surface area (Å²) in [5, 5.41) is 16.4. The van der Waals surface area contributed by atoms with Crippen LogP contribution in [-0.2, 0) is 10.0 Å². The maximum Gasteiger partial charge on any atom is 0.292 e. The Balaban J connectivity index is 1.63. The second-order valence-electron chi connectivity index (χ2n) is 6.71. The van der Waals surface area contributed by atoms with Crippen molar-refractivity contribution in [3.05, 3.63) is 64.0 Å². The number of halogens is 1. The lowest BCUT2D eigenvalue weighted by Crippen LogP contribution is -2.30. The molecule has 160 valence electrons. The molecule has 0 radical (unpaired) electrons. The van der Waals surface area contributed by atoms with Crippen LogP contribution in [0.25, 0.3) is 0 Å². The fraction of sp³-hybridized carbons (Fsp3) is 0.316. The summed E-state index contributed by atoms with van der Waals surface area (Å²) in [5.41, 5.74) is 0.247. The van der Waals surface area contributed by atoms with Crippen LogP contribution in [0.5, 0.6) is 0 Å². The van der Waals surface area contributed by atoms with Gasteiger partial charge in [0.1, 0.15) is 16.4 Å². The molecule has 0 unspecified atom stereocenters. The first-order valence-electron chi connectivity index (χ1n) is 9.36. The van der Waals surface area contributed by atoms with Gasteiger partial charge in [-0.3, -0.25) is 14.9 Å². The van der Waals surface area contributed by atoms with Gasteiger partial charge >= 0.3 is 0 Å². The van der Waals surface area contributed by atoms with Gasteiger partial charge in [-0.1, -0.05) is 12.1 Å². The fourth-order valence-corrected chi connectivity index (χ4v) is 4.77. The third-order valence-electron chi connectivity index (χ3n) is 4.70. The lowest BCUT2D eigenvalue weighted by atomic mass is 10.2. The van der Waals surface area contributed by atoms with Gasteiger partial charge in [0.15, 0.2) is 0 Å². The minimum Gasteiger partial charge on any atom is -0.378 e. The maximum atomic E-state index is 14.2. The lowest BCUT2D eigenvalue weighted by Gasteiger charge is -2.16. The van der Waals surface area contributed by atoms with Crippen molar-refractivity contribution in [2.45, 2.75) is 17.7 Å². The fourth-order valence-electron chi connectivity index (χ4n) is 3.17. The van der Waals surface area contributed by atoms with E-state index in [4.69, 9.17) is 0 Å². The molecule has 2 aromatic carbocycles. The molecular weight excluding hydrogens is 415 g/mol. The van der Waals surface area contributed by atoms with E-state index >= 15 is 0 Å². The highest BCUT2D eigenvalue weighted by atomic mass is 32.2. The van der Waals surface area contributed by atoms with E-state index in [1.165, 1.54) is 16.4 Å². The van der Waals surface area contributed by atoms with E-state index in [0.717, 1.165) is 12.1 Å². The number of amides is 1. The normalized spacial score (nSPS) is 14.4. The molecule has 1 fully saturated rings. The maximum absolute atomic E-state index is 14.2. The molecule has 0 bridgehead atoms. The second kappa shape index (κ2) is 9.18. The van der Waals surface area contributed by atoms with Crippen molar-refractivity contribution in [2.24, 2.45) is 0 Å². The average Bonchev–Trinajstić information content (AvgIpc) is 3.27. The predicted molar refractivity (Wildman–Crippen MR) is 108 cm³/mol. The molecular formula is C19H21FN4O5S. The number of nitro groups is 1. The van der Waals surface area contributed by atoms with E-state index in [1.54, 1.807) is 18.2 Å². The molecule has 0 saturated carbocycles. The number of benzene rings is 2. The second-order valence-corrected chi connectivity index (χ2v) is 8.62. The summed E-state index contributed by atoms with van der Waals surface area (Å²) in [7, 11) is -4.00. The van der Waals surface area contributed by atoms with Gasteiger partial charge in [0.05, 0.1) is 4.92 Å². The Hall–Kier alpha value is -3.05. The van der Waals surface area contributed by atoms with Crippen LogP contribution in [0.15, 0.2) is 47.4 Å². The summed E-state index contributed by atoms with van der Waals surface area (Å²) in [4.78, 5) is 22.3. The molecule has 2 N–H and O–H groups in total. The van der Waals surface area contributed by atoms with E-state index in [0.29, 0.717) is 31.6 Å². The average molecular weight is 436 g/mol. The smallest absolute Gasteiger partial charge is 0.292 e. The van der Waals surface area contributed by atoms with Crippen molar-refractivity contribution < 1.29 is 22.5 Å². The molecule has 0 aromatic heterocycles. The number of sulfonamides is 1. The number of hydrogen-bond acceptors (Lipinski definition) is 6. The quantitative estimate of drug-likeness (QED) is 0.372. The van der Waals surface area contributed by atoms with Crippen molar-refractivity contribution in [3.8, 4) is 0 Å². The molecule has 1 saturated heterocycles. The molecule has 30 heavy (non-hydrogen) atoms. The van der Waals surface area contributed by atoms with Gasteiger partial charge in [0.25, 0.3) is 11.6 Å². The summed E-state index contributed by atoms with van der Waals surface area (Å²) < 4.78 is 40.6. The van der Waals surface area contributed by atoms with Crippen molar-refractivity contribution in [1.29, 1.82) is 0 Å². The van der Waals surface area contributed by atoms with Gasteiger partial charge < -0.3 is 10.6 Å². The number of nitro benzene ring substituents is 1. The number of rotatable bonds is 8. The van der Waals surface area contributed by atoms with E-state index < -0.39 is 31.6 Å². The molecule has 11 heteroatoms. The third kappa shape index (κ3) is 4.74. The van der Waals surface area contributed by atoms with Gasteiger partial charge in [-0.25, -0.2) is 12.8 Å². The number of hydrogen-bond donors (Lipinski definition) is 2. The van der Waals surface area contributed by atoms with Gasteiger partial charge in [0.2, 0.25) is 10.0 Å². The van der Waals surface area contributed by atoms with Crippen molar-refractivity contribution >= 4 is 27.3 Å². The Morgan fingerprint density at radius 1 is 1.13 bits per heavy atom. The van der Waals surface area contributed by atoms with E-state index in [2.05, 4.69) is 10.6 Å².